The Kier molecular flexibility index (Phi) is 5.40. The van der Waals surface area contributed by atoms with Crippen molar-refractivity contribution < 1.29 is 9.53 Å². The molecule has 0 radical (unpaired) electrons. The molecule has 1 atom stereocenters. The van der Waals surface area contributed by atoms with Gasteiger partial charge in [0.05, 0.1) is 6.04 Å². The zero-order valence-corrected chi connectivity index (χ0v) is 13.9. The highest BCUT2D eigenvalue weighted by Gasteiger charge is 2.27. The van der Waals surface area contributed by atoms with E-state index < -0.39 is 6.04 Å². The average molecular weight is 312 g/mol. The number of amides is 1. The molecule has 2 aromatic carbocycles. The summed E-state index contributed by atoms with van der Waals surface area (Å²) in [5, 5.41) is 2.83. The lowest BCUT2D eigenvalue weighted by atomic mass is 9.87. The van der Waals surface area contributed by atoms with Crippen LogP contribution in [-0.2, 0) is 11.4 Å². The van der Waals surface area contributed by atoms with E-state index in [-0.39, 0.29) is 11.3 Å². The lowest BCUT2D eigenvalue weighted by Gasteiger charge is -2.25. The molecule has 0 aliphatic heterocycles. The number of rotatable bonds is 5. The molecule has 3 N–H and O–H groups in total. The van der Waals surface area contributed by atoms with Crippen molar-refractivity contribution in [3.63, 3.8) is 0 Å². The molecule has 4 nitrogen and oxygen atoms in total. The first-order valence-corrected chi connectivity index (χ1v) is 7.69. The molecule has 0 heterocycles. The maximum Gasteiger partial charge on any atom is 0.241 e. The fourth-order valence-electron chi connectivity index (χ4n) is 1.99. The van der Waals surface area contributed by atoms with Gasteiger partial charge in [-0.15, -0.1) is 0 Å². The zero-order valence-electron chi connectivity index (χ0n) is 13.9. The van der Waals surface area contributed by atoms with Crippen molar-refractivity contribution in [2.24, 2.45) is 11.1 Å². The minimum absolute atomic E-state index is 0.185. The Balaban J connectivity index is 1.91. The van der Waals surface area contributed by atoms with Gasteiger partial charge in [-0.25, -0.2) is 0 Å². The van der Waals surface area contributed by atoms with Crippen LogP contribution in [-0.4, -0.2) is 11.9 Å². The molecule has 2 rings (SSSR count). The summed E-state index contributed by atoms with van der Waals surface area (Å²) in [5.74, 6) is 0.572. The smallest absolute Gasteiger partial charge is 0.241 e. The summed E-state index contributed by atoms with van der Waals surface area (Å²) >= 11 is 0. The molecule has 0 saturated heterocycles. The number of carbonyl (C=O) groups is 1. The summed E-state index contributed by atoms with van der Waals surface area (Å²) < 4.78 is 5.72. The zero-order chi connectivity index (χ0) is 16.9. The molecule has 2 aromatic rings. The third-order valence-electron chi connectivity index (χ3n) is 3.59. The fourth-order valence-corrected chi connectivity index (χ4v) is 1.99. The maximum atomic E-state index is 12.1. The summed E-state index contributed by atoms with van der Waals surface area (Å²) in [6.07, 6.45) is 0. The molecule has 1 amide bonds. The van der Waals surface area contributed by atoms with E-state index in [1.165, 1.54) is 0 Å². The van der Waals surface area contributed by atoms with E-state index in [0.29, 0.717) is 12.3 Å². The Hall–Kier alpha value is -2.33. The van der Waals surface area contributed by atoms with Gasteiger partial charge in [0.15, 0.2) is 0 Å². The van der Waals surface area contributed by atoms with Crippen molar-refractivity contribution in [3.05, 3.63) is 60.2 Å². The first kappa shape index (κ1) is 17.0. The van der Waals surface area contributed by atoms with Crippen molar-refractivity contribution in [3.8, 4) is 5.75 Å². The first-order valence-electron chi connectivity index (χ1n) is 7.69. The van der Waals surface area contributed by atoms with Gasteiger partial charge in [0.25, 0.3) is 0 Å². The van der Waals surface area contributed by atoms with E-state index in [2.05, 4.69) is 5.32 Å². The number of benzene rings is 2. The van der Waals surface area contributed by atoms with Gasteiger partial charge in [0.2, 0.25) is 5.91 Å². The van der Waals surface area contributed by atoms with Crippen LogP contribution in [0.15, 0.2) is 54.6 Å². The molecule has 122 valence electrons. The SMILES string of the molecule is CC(C)(C)[C@H](N)C(=O)Nc1ccc(OCc2ccccc2)cc1. The number of hydrogen-bond acceptors (Lipinski definition) is 3. The quantitative estimate of drug-likeness (QED) is 0.887. The third kappa shape index (κ3) is 5.11. The highest BCUT2D eigenvalue weighted by Crippen LogP contribution is 2.20. The summed E-state index contributed by atoms with van der Waals surface area (Å²) in [6, 6.07) is 16.7. The number of carbonyl (C=O) groups excluding carboxylic acids is 1. The number of nitrogens with one attached hydrogen (secondary N) is 1. The second-order valence-corrected chi connectivity index (χ2v) is 6.63. The van der Waals surface area contributed by atoms with Crippen molar-refractivity contribution in [1.82, 2.24) is 0 Å². The van der Waals surface area contributed by atoms with Gasteiger partial charge >= 0.3 is 0 Å². The van der Waals surface area contributed by atoms with E-state index in [1.54, 1.807) is 0 Å². The Morgan fingerprint density at radius 2 is 1.70 bits per heavy atom. The van der Waals surface area contributed by atoms with Gasteiger partial charge < -0.3 is 15.8 Å². The van der Waals surface area contributed by atoms with Crippen molar-refractivity contribution in [2.45, 2.75) is 33.4 Å². The number of ether oxygens (including phenoxy) is 1. The Morgan fingerprint density at radius 3 is 2.26 bits per heavy atom. The number of hydrogen-bond donors (Lipinski definition) is 2. The average Bonchev–Trinajstić information content (AvgIpc) is 2.53. The van der Waals surface area contributed by atoms with Gasteiger partial charge in [-0.2, -0.15) is 0 Å². The number of anilines is 1. The van der Waals surface area contributed by atoms with Crippen LogP contribution >= 0.6 is 0 Å². The number of nitrogens with two attached hydrogens (primary N) is 1. The van der Waals surface area contributed by atoms with Crippen LogP contribution in [0, 0.1) is 5.41 Å². The van der Waals surface area contributed by atoms with Crippen LogP contribution < -0.4 is 15.8 Å². The normalized spacial score (nSPS) is 12.5. The van der Waals surface area contributed by atoms with Crippen LogP contribution in [0.3, 0.4) is 0 Å². The molecule has 0 aromatic heterocycles. The van der Waals surface area contributed by atoms with Crippen LogP contribution in [0.1, 0.15) is 26.3 Å². The molecule has 0 saturated carbocycles. The highest BCUT2D eigenvalue weighted by molar-refractivity contribution is 5.95. The molecule has 0 aliphatic carbocycles. The molecule has 0 spiro atoms. The predicted octanol–water partition coefficient (Wildman–Crippen LogP) is 3.58. The van der Waals surface area contributed by atoms with E-state index >= 15 is 0 Å². The van der Waals surface area contributed by atoms with Gasteiger partial charge in [0.1, 0.15) is 12.4 Å². The van der Waals surface area contributed by atoms with Crippen LogP contribution in [0.5, 0.6) is 5.75 Å². The van der Waals surface area contributed by atoms with E-state index in [0.717, 1.165) is 11.3 Å². The lowest BCUT2D eigenvalue weighted by Crippen LogP contribution is -2.45. The van der Waals surface area contributed by atoms with Gasteiger partial charge in [0, 0.05) is 5.69 Å². The molecule has 4 heteroatoms. The molecular weight excluding hydrogens is 288 g/mol. The Morgan fingerprint density at radius 1 is 1.09 bits per heavy atom. The lowest BCUT2D eigenvalue weighted by molar-refractivity contribution is -0.119. The second-order valence-electron chi connectivity index (χ2n) is 6.63. The standard InChI is InChI=1S/C19H24N2O2/c1-19(2,3)17(20)18(22)21-15-9-11-16(12-10-15)23-13-14-7-5-4-6-8-14/h4-12,17H,13,20H2,1-3H3,(H,21,22)/t17-/m1/s1. The van der Waals surface area contributed by atoms with E-state index in [4.69, 9.17) is 10.5 Å². The fraction of sp³-hybridized carbons (Fsp3) is 0.316. The molecule has 23 heavy (non-hydrogen) atoms. The van der Waals surface area contributed by atoms with Gasteiger partial charge in [-0.1, -0.05) is 51.1 Å². The molecule has 0 bridgehead atoms. The second kappa shape index (κ2) is 7.29. The van der Waals surface area contributed by atoms with Gasteiger partial charge in [-0.3, -0.25) is 4.79 Å². The topological polar surface area (TPSA) is 64.4 Å². The molecule has 0 fully saturated rings. The summed E-state index contributed by atoms with van der Waals surface area (Å²) in [7, 11) is 0. The predicted molar refractivity (Wildman–Crippen MR) is 93.3 cm³/mol. The summed E-state index contributed by atoms with van der Waals surface area (Å²) in [6.45, 7) is 6.34. The largest absolute Gasteiger partial charge is 0.489 e. The molecular formula is C19H24N2O2. The molecule has 0 aliphatic rings. The van der Waals surface area contributed by atoms with Crippen LogP contribution in [0.4, 0.5) is 5.69 Å². The van der Waals surface area contributed by atoms with Gasteiger partial charge in [-0.05, 0) is 35.2 Å². The van der Waals surface area contributed by atoms with Crippen molar-refractivity contribution in [1.29, 1.82) is 0 Å². The highest BCUT2D eigenvalue weighted by atomic mass is 16.5. The molecule has 0 unspecified atom stereocenters. The summed E-state index contributed by atoms with van der Waals surface area (Å²) in [5.41, 5.74) is 7.49. The monoisotopic (exact) mass is 312 g/mol. The maximum absolute atomic E-state index is 12.1. The van der Waals surface area contributed by atoms with Crippen molar-refractivity contribution >= 4 is 11.6 Å². The third-order valence-corrected chi connectivity index (χ3v) is 3.59. The minimum atomic E-state index is -0.559. The van der Waals surface area contributed by atoms with E-state index in [1.807, 2.05) is 75.4 Å². The van der Waals surface area contributed by atoms with E-state index in [9.17, 15) is 4.79 Å². The van der Waals surface area contributed by atoms with Crippen LogP contribution in [0.2, 0.25) is 0 Å². The first-order chi connectivity index (χ1) is 10.9. The van der Waals surface area contributed by atoms with Crippen LogP contribution in [0.25, 0.3) is 0 Å². The minimum Gasteiger partial charge on any atom is -0.489 e. The Bertz CT molecular complexity index is 631. The van der Waals surface area contributed by atoms with Crippen molar-refractivity contribution in [2.75, 3.05) is 5.32 Å². The summed E-state index contributed by atoms with van der Waals surface area (Å²) in [4.78, 5) is 12.1. The Labute approximate surface area is 137 Å².